The Morgan fingerprint density at radius 2 is 1.85 bits per heavy atom. The summed E-state index contributed by atoms with van der Waals surface area (Å²) in [6.07, 6.45) is 2.85. The van der Waals surface area contributed by atoms with Crippen LogP contribution in [0.15, 0.2) is 17.0 Å². The summed E-state index contributed by atoms with van der Waals surface area (Å²) in [5, 5.41) is 22.3. The molecule has 1 N–H and O–H groups in total. The summed E-state index contributed by atoms with van der Waals surface area (Å²) in [6, 6.07) is 5.16. The molecule has 3 aromatic rings. The minimum Gasteiger partial charge on any atom is -0.367 e. The summed E-state index contributed by atoms with van der Waals surface area (Å²) in [6.45, 7) is 2.06. The summed E-state index contributed by atoms with van der Waals surface area (Å²) >= 11 is 0.709. The predicted molar refractivity (Wildman–Crippen MR) is 146 cm³/mol. The molecule has 3 heterocycles. The van der Waals surface area contributed by atoms with E-state index in [4.69, 9.17) is 5.10 Å². The molecule has 1 amide bonds. The number of halogens is 2. The first kappa shape index (κ1) is 26.7. The highest BCUT2D eigenvalue weighted by Crippen LogP contribution is 2.47. The molecule has 1 aromatic carbocycles. The van der Waals surface area contributed by atoms with Gasteiger partial charge in [0.1, 0.15) is 5.54 Å². The van der Waals surface area contributed by atoms with Gasteiger partial charge in [0.2, 0.25) is 21.1 Å². The van der Waals surface area contributed by atoms with Gasteiger partial charge in [0, 0.05) is 49.1 Å². The molecule has 7 rings (SSSR count). The van der Waals surface area contributed by atoms with Crippen molar-refractivity contribution in [3.63, 3.8) is 0 Å². The second-order valence-electron chi connectivity index (χ2n) is 11.4. The zero-order valence-corrected chi connectivity index (χ0v) is 23.7. The lowest BCUT2D eigenvalue weighted by atomic mass is 9.84. The second-order valence-corrected chi connectivity index (χ2v) is 14.0. The van der Waals surface area contributed by atoms with Crippen molar-refractivity contribution in [3.05, 3.63) is 22.8 Å². The van der Waals surface area contributed by atoms with Crippen LogP contribution in [0, 0.1) is 17.2 Å². The van der Waals surface area contributed by atoms with E-state index in [0.29, 0.717) is 61.6 Å². The monoisotopic (exact) mass is 602 g/mol. The fraction of sp³-hybridized carbons (Fsp3) is 0.577. The maximum Gasteiger partial charge on any atom is 0.291 e. The molecule has 216 valence electrons. The van der Waals surface area contributed by atoms with Crippen LogP contribution >= 0.6 is 11.3 Å². The Morgan fingerprint density at radius 3 is 2.41 bits per heavy atom. The van der Waals surface area contributed by atoms with E-state index in [1.54, 1.807) is 6.07 Å². The average molecular weight is 603 g/mol. The highest BCUT2D eigenvalue weighted by Gasteiger charge is 2.47. The third-order valence-corrected chi connectivity index (χ3v) is 10.9. The SMILES string of the molecule is N#CC1(NS(=O)(=O)c2cc(N3CCN(C(=O)C4CCC4)CC3)c3c(C4CC4)nn(-c4nnc(C(F)F)s4)c3c2)CC1. The number of amides is 1. The summed E-state index contributed by atoms with van der Waals surface area (Å²) in [5.74, 6) is 0.452. The number of anilines is 1. The third-order valence-electron chi connectivity index (χ3n) is 8.51. The highest BCUT2D eigenvalue weighted by atomic mass is 32.2. The van der Waals surface area contributed by atoms with E-state index in [0.717, 1.165) is 43.2 Å². The van der Waals surface area contributed by atoms with E-state index in [-0.39, 0.29) is 27.8 Å². The van der Waals surface area contributed by atoms with Crippen LogP contribution in [-0.4, -0.2) is 70.9 Å². The minimum absolute atomic E-state index is 0.0448. The van der Waals surface area contributed by atoms with E-state index in [2.05, 4.69) is 25.9 Å². The standard InChI is InChI=1S/C26H28F2N8O3S2/c27-22(28)23-30-31-25(40-23)36-19-13-17(41(38,39)33-26(14-29)6-7-26)12-18(20(19)21(32-36)15-4-5-15)34-8-10-35(11-9-34)24(37)16-2-1-3-16/h12-13,15-16,22,33H,1-11H2. The molecule has 4 aliphatic rings. The van der Waals surface area contributed by atoms with Crippen LogP contribution in [-0.2, 0) is 14.8 Å². The molecule has 2 aromatic heterocycles. The molecule has 4 fully saturated rings. The summed E-state index contributed by atoms with van der Waals surface area (Å²) in [7, 11) is -4.11. The minimum atomic E-state index is -4.11. The van der Waals surface area contributed by atoms with Crippen molar-refractivity contribution >= 4 is 43.9 Å². The number of hydrogen-bond acceptors (Lipinski definition) is 9. The first-order valence-corrected chi connectivity index (χ1v) is 16.2. The van der Waals surface area contributed by atoms with Crippen molar-refractivity contribution in [2.24, 2.45) is 5.92 Å². The zero-order chi connectivity index (χ0) is 28.5. The lowest BCUT2D eigenvalue weighted by molar-refractivity contribution is -0.138. The normalized spacial score (nSPS) is 20.8. The van der Waals surface area contributed by atoms with Crippen molar-refractivity contribution in [2.45, 2.75) is 67.7 Å². The van der Waals surface area contributed by atoms with Gasteiger partial charge in [-0.25, -0.2) is 21.9 Å². The summed E-state index contributed by atoms with van der Waals surface area (Å²) in [4.78, 5) is 16.8. The number of nitrogens with zero attached hydrogens (tertiary/aromatic N) is 7. The Morgan fingerprint density at radius 1 is 1.12 bits per heavy atom. The fourth-order valence-electron chi connectivity index (χ4n) is 5.58. The molecule has 0 atom stereocenters. The maximum atomic E-state index is 13.6. The zero-order valence-electron chi connectivity index (χ0n) is 22.1. The van der Waals surface area contributed by atoms with Gasteiger partial charge in [0.15, 0.2) is 5.01 Å². The molecule has 0 radical (unpaired) electrons. The molecule has 15 heteroatoms. The quantitative estimate of drug-likeness (QED) is 0.414. The lowest BCUT2D eigenvalue weighted by Crippen LogP contribution is -2.51. The molecular formula is C26H28F2N8O3S2. The number of hydrogen-bond donors (Lipinski definition) is 1. The number of carbonyl (C=O) groups is 1. The van der Waals surface area contributed by atoms with Crippen LogP contribution in [0.2, 0.25) is 0 Å². The molecule has 1 saturated heterocycles. The molecule has 3 aliphatic carbocycles. The van der Waals surface area contributed by atoms with Crippen molar-refractivity contribution in [2.75, 3.05) is 31.1 Å². The fourth-order valence-corrected chi connectivity index (χ4v) is 7.66. The topological polar surface area (TPSA) is 137 Å². The highest BCUT2D eigenvalue weighted by molar-refractivity contribution is 7.89. The number of sulfonamides is 1. The second kappa shape index (κ2) is 9.67. The van der Waals surface area contributed by atoms with Gasteiger partial charge in [-0.1, -0.05) is 17.8 Å². The number of nitriles is 1. The number of alkyl halides is 2. The largest absolute Gasteiger partial charge is 0.367 e. The lowest BCUT2D eigenvalue weighted by Gasteiger charge is -2.39. The number of fused-ring (bicyclic) bond motifs is 1. The van der Waals surface area contributed by atoms with Gasteiger partial charge in [-0.15, -0.1) is 10.2 Å². The molecule has 0 unspecified atom stereocenters. The van der Waals surface area contributed by atoms with Gasteiger partial charge in [-0.05, 0) is 50.7 Å². The number of carbonyl (C=O) groups excluding carboxylic acids is 1. The molecule has 3 saturated carbocycles. The third kappa shape index (κ3) is 4.75. The number of rotatable bonds is 8. The van der Waals surface area contributed by atoms with Crippen LogP contribution in [0.5, 0.6) is 0 Å². The van der Waals surface area contributed by atoms with Crippen molar-refractivity contribution < 1.29 is 22.0 Å². The Bertz CT molecular complexity index is 1680. The molecule has 0 spiro atoms. The summed E-state index contributed by atoms with van der Waals surface area (Å²) in [5.41, 5.74) is 0.736. The number of benzene rings is 1. The van der Waals surface area contributed by atoms with E-state index in [1.165, 1.54) is 10.7 Å². The van der Waals surface area contributed by atoms with Gasteiger partial charge in [0.05, 0.1) is 22.2 Å². The number of piperazine rings is 1. The van der Waals surface area contributed by atoms with Crippen LogP contribution < -0.4 is 9.62 Å². The number of nitrogens with one attached hydrogen (secondary N) is 1. The smallest absolute Gasteiger partial charge is 0.291 e. The Kier molecular flexibility index (Phi) is 6.29. The van der Waals surface area contributed by atoms with Crippen molar-refractivity contribution in [1.29, 1.82) is 5.26 Å². The molecule has 1 aliphatic heterocycles. The Balaban J connectivity index is 1.33. The van der Waals surface area contributed by atoms with Crippen molar-refractivity contribution in [1.82, 2.24) is 29.6 Å². The molecular weight excluding hydrogens is 574 g/mol. The van der Waals surface area contributed by atoms with Gasteiger partial charge in [0.25, 0.3) is 6.43 Å². The first-order chi connectivity index (χ1) is 19.7. The predicted octanol–water partition coefficient (Wildman–Crippen LogP) is 3.48. The summed E-state index contributed by atoms with van der Waals surface area (Å²) < 4.78 is 57.9. The van der Waals surface area contributed by atoms with Crippen LogP contribution in [0.3, 0.4) is 0 Å². The van der Waals surface area contributed by atoms with Crippen LogP contribution in [0.4, 0.5) is 14.5 Å². The Labute approximate surface area is 239 Å². The van der Waals surface area contributed by atoms with E-state index < -0.39 is 27.0 Å². The molecule has 11 nitrogen and oxygen atoms in total. The van der Waals surface area contributed by atoms with Crippen LogP contribution in [0.1, 0.15) is 68.0 Å². The van der Waals surface area contributed by atoms with Gasteiger partial charge in [-0.2, -0.15) is 15.1 Å². The van der Waals surface area contributed by atoms with E-state index in [9.17, 15) is 27.3 Å². The van der Waals surface area contributed by atoms with Crippen LogP contribution in [0.25, 0.3) is 16.0 Å². The molecule has 41 heavy (non-hydrogen) atoms. The first-order valence-electron chi connectivity index (χ1n) is 13.9. The number of aromatic nitrogens is 4. The molecule has 0 bridgehead atoms. The van der Waals surface area contributed by atoms with E-state index in [1.807, 2.05) is 4.90 Å². The Hall–Kier alpha value is -3.22. The average Bonchev–Trinajstić information content (AvgIpc) is 3.83. The van der Waals surface area contributed by atoms with Gasteiger partial charge < -0.3 is 9.80 Å². The van der Waals surface area contributed by atoms with Gasteiger partial charge in [-0.3, -0.25) is 4.79 Å². The maximum absolute atomic E-state index is 13.6. The van der Waals surface area contributed by atoms with Crippen molar-refractivity contribution in [3.8, 4) is 11.2 Å². The van der Waals surface area contributed by atoms with Gasteiger partial charge >= 0.3 is 0 Å². The van der Waals surface area contributed by atoms with E-state index >= 15 is 0 Å².